The third kappa shape index (κ3) is 3.94. The van der Waals surface area contributed by atoms with Gasteiger partial charge >= 0.3 is 0 Å². The van der Waals surface area contributed by atoms with Gasteiger partial charge in [0.2, 0.25) is 0 Å². The monoisotopic (exact) mass is 377 g/mol. The second-order valence-electron chi connectivity index (χ2n) is 7.87. The number of aryl methyl sites for hydroxylation is 2. The topological polar surface area (TPSA) is 56.1 Å². The molecule has 3 aromatic rings. The normalized spacial score (nSPS) is 15.0. The van der Waals surface area contributed by atoms with Crippen LogP contribution in [0.5, 0.6) is 0 Å². The summed E-state index contributed by atoms with van der Waals surface area (Å²) in [5, 5.41) is 3.27. The molecule has 0 saturated heterocycles. The Hall–Kier alpha value is -2.66. The van der Waals surface area contributed by atoms with Crippen LogP contribution in [0, 0.1) is 19.8 Å². The number of nitrogens with one attached hydrogen (secondary N) is 1. The second-order valence-corrected chi connectivity index (χ2v) is 7.87. The highest BCUT2D eigenvalue weighted by atomic mass is 16.5. The zero-order valence-electron chi connectivity index (χ0n) is 16.7. The molecule has 0 unspecified atom stereocenters. The first-order chi connectivity index (χ1) is 13.5. The number of methoxy groups -OCH3 is 1. The molecule has 1 aliphatic rings. The van der Waals surface area contributed by atoms with Gasteiger partial charge in [0.05, 0.1) is 24.0 Å². The molecule has 0 aliphatic heterocycles. The molecule has 1 fully saturated rings. The summed E-state index contributed by atoms with van der Waals surface area (Å²) in [5.74, 6) is 0.515. The molecule has 146 valence electrons. The molecule has 1 N–H and O–H groups in total. The van der Waals surface area contributed by atoms with Crippen molar-refractivity contribution in [3.63, 3.8) is 0 Å². The van der Waals surface area contributed by atoms with E-state index in [0.717, 1.165) is 23.1 Å². The molecule has 28 heavy (non-hydrogen) atoms. The number of aromatic nitrogens is 2. The van der Waals surface area contributed by atoms with Gasteiger partial charge in [-0.2, -0.15) is 0 Å². The molecule has 2 aromatic carbocycles. The quantitative estimate of drug-likeness (QED) is 0.677. The van der Waals surface area contributed by atoms with Crippen LogP contribution in [-0.4, -0.2) is 28.6 Å². The summed E-state index contributed by atoms with van der Waals surface area (Å²) in [6.45, 7) is 5.48. The Morgan fingerprint density at radius 3 is 2.79 bits per heavy atom. The van der Waals surface area contributed by atoms with Crippen LogP contribution in [0.25, 0.3) is 11.0 Å². The maximum absolute atomic E-state index is 12.9. The van der Waals surface area contributed by atoms with Gasteiger partial charge in [0.25, 0.3) is 5.91 Å². The lowest BCUT2D eigenvalue weighted by Crippen LogP contribution is -2.39. The largest absolute Gasteiger partial charge is 0.380 e. The third-order valence-electron chi connectivity index (χ3n) is 5.64. The average Bonchev–Trinajstić information content (AvgIpc) is 3.46. The van der Waals surface area contributed by atoms with Crippen molar-refractivity contribution in [2.75, 3.05) is 7.11 Å². The summed E-state index contributed by atoms with van der Waals surface area (Å²) in [7, 11) is 1.66. The first-order valence-electron chi connectivity index (χ1n) is 9.86. The maximum atomic E-state index is 12.9. The SMILES string of the molecule is COCc1cccc(C(=O)N[C@@H](Cn2cnc3cc(C)c(C)cc32)C2CC2)c1. The van der Waals surface area contributed by atoms with Crippen LogP contribution in [0.4, 0.5) is 0 Å². The van der Waals surface area contributed by atoms with E-state index >= 15 is 0 Å². The number of fused-ring (bicyclic) bond motifs is 1. The molecule has 5 heteroatoms. The van der Waals surface area contributed by atoms with Crippen LogP contribution in [0.1, 0.15) is 39.9 Å². The van der Waals surface area contributed by atoms with Crippen molar-refractivity contribution in [3.05, 3.63) is 65.0 Å². The smallest absolute Gasteiger partial charge is 0.251 e. The van der Waals surface area contributed by atoms with Crippen LogP contribution >= 0.6 is 0 Å². The van der Waals surface area contributed by atoms with Crippen LogP contribution in [0.2, 0.25) is 0 Å². The molecular weight excluding hydrogens is 350 g/mol. The number of carbonyl (C=O) groups is 1. The zero-order chi connectivity index (χ0) is 19.7. The molecule has 1 amide bonds. The van der Waals surface area contributed by atoms with Crippen molar-refractivity contribution >= 4 is 16.9 Å². The molecule has 0 spiro atoms. The summed E-state index contributed by atoms with van der Waals surface area (Å²) in [6, 6.07) is 12.1. The molecule has 0 bridgehead atoms. The van der Waals surface area contributed by atoms with Gasteiger partial charge in [-0.3, -0.25) is 4.79 Å². The van der Waals surface area contributed by atoms with Crippen molar-refractivity contribution < 1.29 is 9.53 Å². The summed E-state index contributed by atoms with van der Waals surface area (Å²) >= 11 is 0. The molecular formula is C23H27N3O2. The molecule has 0 radical (unpaired) electrons. The highest BCUT2D eigenvalue weighted by Gasteiger charge is 2.33. The van der Waals surface area contributed by atoms with Gasteiger partial charge in [0, 0.05) is 25.3 Å². The van der Waals surface area contributed by atoms with E-state index in [9.17, 15) is 4.79 Å². The number of ether oxygens (including phenoxy) is 1. The number of carbonyl (C=O) groups excluding carboxylic acids is 1. The van der Waals surface area contributed by atoms with Gasteiger partial charge in [-0.1, -0.05) is 12.1 Å². The van der Waals surface area contributed by atoms with E-state index in [1.165, 1.54) is 24.0 Å². The van der Waals surface area contributed by atoms with Gasteiger partial charge in [-0.15, -0.1) is 0 Å². The van der Waals surface area contributed by atoms with E-state index in [1.807, 2.05) is 30.6 Å². The van der Waals surface area contributed by atoms with E-state index < -0.39 is 0 Å². The maximum Gasteiger partial charge on any atom is 0.251 e. The lowest BCUT2D eigenvalue weighted by molar-refractivity contribution is 0.0927. The average molecular weight is 377 g/mol. The standard InChI is InChI=1S/C23H27N3O2/c1-15-9-20-22(10-16(15)2)26(14-24-20)12-21(18-7-8-18)25-23(27)19-6-4-5-17(11-19)13-28-3/h4-6,9-11,14,18,21H,7-8,12-13H2,1-3H3,(H,25,27)/t21-/m0/s1. The van der Waals surface area contributed by atoms with Gasteiger partial charge in [-0.05, 0) is 73.6 Å². The lowest BCUT2D eigenvalue weighted by Gasteiger charge is -2.20. The van der Waals surface area contributed by atoms with Crippen molar-refractivity contribution in [2.45, 2.75) is 45.9 Å². The van der Waals surface area contributed by atoms with Crippen molar-refractivity contribution in [1.82, 2.24) is 14.9 Å². The Kier molecular flexibility index (Phi) is 5.18. The number of amides is 1. The molecule has 1 heterocycles. The van der Waals surface area contributed by atoms with E-state index in [4.69, 9.17) is 4.74 Å². The van der Waals surface area contributed by atoms with Crippen LogP contribution < -0.4 is 5.32 Å². The van der Waals surface area contributed by atoms with E-state index in [1.54, 1.807) is 7.11 Å². The molecule has 1 aromatic heterocycles. The van der Waals surface area contributed by atoms with Gasteiger partial charge in [0.1, 0.15) is 0 Å². The first kappa shape index (κ1) is 18.7. The lowest BCUT2D eigenvalue weighted by atomic mass is 10.1. The number of nitrogens with zero attached hydrogens (tertiary/aromatic N) is 2. The minimum Gasteiger partial charge on any atom is -0.380 e. The van der Waals surface area contributed by atoms with Crippen molar-refractivity contribution in [2.24, 2.45) is 5.92 Å². The Bertz CT molecular complexity index is 1000. The number of imidazole rings is 1. The Balaban J connectivity index is 1.53. The molecule has 4 rings (SSSR count). The Morgan fingerprint density at radius 2 is 2.04 bits per heavy atom. The Labute approximate surface area is 165 Å². The molecule has 5 nitrogen and oxygen atoms in total. The van der Waals surface area contributed by atoms with Gasteiger partial charge < -0.3 is 14.6 Å². The van der Waals surface area contributed by atoms with Crippen LogP contribution in [0.3, 0.4) is 0 Å². The third-order valence-corrected chi connectivity index (χ3v) is 5.64. The fourth-order valence-corrected chi connectivity index (χ4v) is 3.70. The fourth-order valence-electron chi connectivity index (χ4n) is 3.70. The molecule has 1 aliphatic carbocycles. The van der Waals surface area contributed by atoms with Crippen LogP contribution in [0.15, 0.2) is 42.7 Å². The summed E-state index contributed by atoms with van der Waals surface area (Å²) in [6.07, 6.45) is 4.23. The van der Waals surface area contributed by atoms with Crippen LogP contribution in [-0.2, 0) is 17.9 Å². The van der Waals surface area contributed by atoms with E-state index in [-0.39, 0.29) is 11.9 Å². The van der Waals surface area contributed by atoms with Gasteiger partial charge in [0.15, 0.2) is 0 Å². The minimum atomic E-state index is -0.0219. The molecule has 1 atom stereocenters. The second kappa shape index (κ2) is 7.76. The number of hydrogen-bond acceptors (Lipinski definition) is 3. The summed E-state index contributed by atoms with van der Waals surface area (Å²) in [5.41, 5.74) is 6.34. The highest BCUT2D eigenvalue weighted by molar-refractivity contribution is 5.94. The predicted molar refractivity (Wildman–Crippen MR) is 110 cm³/mol. The van der Waals surface area contributed by atoms with Crippen molar-refractivity contribution in [1.29, 1.82) is 0 Å². The Morgan fingerprint density at radius 1 is 1.25 bits per heavy atom. The minimum absolute atomic E-state index is 0.0219. The van der Waals surface area contributed by atoms with Gasteiger partial charge in [-0.25, -0.2) is 4.98 Å². The van der Waals surface area contributed by atoms with Crippen molar-refractivity contribution in [3.8, 4) is 0 Å². The predicted octanol–water partition coefficient (Wildman–Crippen LogP) is 4.01. The fraction of sp³-hybridized carbons (Fsp3) is 0.391. The zero-order valence-corrected chi connectivity index (χ0v) is 16.7. The summed E-state index contributed by atoms with van der Waals surface area (Å²) in [4.78, 5) is 17.4. The van der Waals surface area contributed by atoms with E-state index in [0.29, 0.717) is 18.1 Å². The number of hydrogen-bond donors (Lipinski definition) is 1. The number of benzene rings is 2. The number of rotatable bonds is 7. The summed E-state index contributed by atoms with van der Waals surface area (Å²) < 4.78 is 7.35. The van der Waals surface area contributed by atoms with E-state index in [2.05, 4.69) is 40.8 Å². The highest BCUT2D eigenvalue weighted by Crippen LogP contribution is 2.34. The molecule has 1 saturated carbocycles. The first-order valence-corrected chi connectivity index (χ1v) is 9.86.